The molecule has 65 heavy (non-hydrogen) atoms. The lowest BCUT2D eigenvalue weighted by Gasteiger charge is -2.35. The Kier molecular flexibility index (Phi) is 30.4. The molecule has 0 aromatic rings. The molecule has 8 nitrogen and oxygen atoms in total. The SMILES string of the molecule is CCCOCCOCCOCCCNC(=O)[C@H](CCCCNC(=O)CC(C)CCCC(C)CCC1=C(C)CCCC1(C)C)CC(=O)CC(C)CCCC(C)CCC1=C(C)CCCC1(C)C. The summed E-state index contributed by atoms with van der Waals surface area (Å²) in [5, 5.41) is 6.24. The van der Waals surface area contributed by atoms with Crippen LogP contribution in [0.2, 0.25) is 0 Å². The van der Waals surface area contributed by atoms with Crippen LogP contribution < -0.4 is 10.6 Å². The first kappa shape index (κ1) is 59.1. The topological polar surface area (TPSA) is 103 Å². The molecule has 2 rings (SSSR count). The van der Waals surface area contributed by atoms with Crippen molar-refractivity contribution in [2.75, 3.05) is 52.7 Å². The van der Waals surface area contributed by atoms with Crippen LogP contribution >= 0.6 is 0 Å². The highest BCUT2D eigenvalue weighted by molar-refractivity contribution is 5.86. The van der Waals surface area contributed by atoms with E-state index in [0.717, 1.165) is 45.1 Å². The number of amides is 2. The summed E-state index contributed by atoms with van der Waals surface area (Å²) in [5.41, 5.74) is 7.37. The van der Waals surface area contributed by atoms with Crippen molar-refractivity contribution in [3.63, 3.8) is 0 Å². The number of allylic oxidation sites excluding steroid dienone is 4. The van der Waals surface area contributed by atoms with Crippen LogP contribution in [0.3, 0.4) is 0 Å². The van der Waals surface area contributed by atoms with E-state index >= 15 is 0 Å². The van der Waals surface area contributed by atoms with Gasteiger partial charge in [0, 0.05) is 51.5 Å². The second-order valence-corrected chi connectivity index (χ2v) is 22.5. The Bertz CT molecular complexity index is 1400. The Morgan fingerprint density at radius 1 is 0.538 bits per heavy atom. The number of nitrogens with one attached hydrogen (secondary N) is 2. The van der Waals surface area contributed by atoms with Gasteiger partial charge in [-0.2, -0.15) is 0 Å². The van der Waals surface area contributed by atoms with Gasteiger partial charge in [0.05, 0.1) is 26.4 Å². The molecule has 0 heterocycles. The lowest BCUT2D eigenvalue weighted by molar-refractivity contribution is -0.130. The molecule has 0 radical (unpaired) electrons. The Labute approximate surface area is 401 Å². The number of Topliss-reactive ketones (excluding diaryl/α,β-unsaturated/α-hetero) is 1. The quantitative estimate of drug-likeness (QED) is 0.0472. The minimum Gasteiger partial charge on any atom is -0.379 e. The fraction of sp³-hybridized carbons (Fsp3) is 0.877. The highest BCUT2D eigenvalue weighted by Gasteiger charge is 2.29. The van der Waals surface area contributed by atoms with E-state index in [1.165, 1.54) is 83.5 Å². The molecule has 0 saturated heterocycles. The maximum absolute atomic E-state index is 13.5. The van der Waals surface area contributed by atoms with E-state index in [2.05, 4.69) is 86.8 Å². The molecule has 8 heteroatoms. The smallest absolute Gasteiger partial charge is 0.223 e. The summed E-state index contributed by atoms with van der Waals surface area (Å²) in [6.45, 7) is 30.3. The third kappa shape index (κ3) is 26.3. The molecule has 2 amide bonds. The number of hydrogen-bond acceptors (Lipinski definition) is 6. The van der Waals surface area contributed by atoms with Crippen molar-refractivity contribution in [3.8, 4) is 0 Å². The molecule has 0 aromatic carbocycles. The Balaban J connectivity index is 1.74. The first-order valence-corrected chi connectivity index (χ1v) is 27.1. The van der Waals surface area contributed by atoms with Gasteiger partial charge in [-0.3, -0.25) is 14.4 Å². The average Bonchev–Trinajstić information content (AvgIpc) is 3.22. The molecule has 0 bridgehead atoms. The van der Waals surface area contributed by atoms with Crippen LogP contribution in [0.4, 0.5) is 0 Å². The van der Waals surface area contributed by atoms with Gasteiger partial charge in [-0.15, -0.1) is 0 Å². The monoisotopic (exact) mass is 913 g/mol. The van der Waals surface area contributed by atoms with Crippen LogP contribution in [0, 0.1) is 40.4 Å². The molecule has 0 fully saturated rings. The van der Waals surface area contributed by atoms with Crippen LogP contribution in [-0.2, 0) is 28.6 Å². The van der Waals surface area contributed by atoms with Gasteiger partial charge in [0.1, 0.15) is 5.78 Å². The number of carbonyl (C=O) groups is 3. The number of rotatable bonds is 38. The first-order valence-electron chi connectivity index (χ1n) is 27.1. The number of ether oxygens (including phenoxy) is 3. The van der Waals surface area contributed by atoms with Crippen molar-refractivity contribution in [2.24, 2.45) is 40.4 Å². The van der Waals surface area contributed by atoms with Gasteiger partial charge in [-0.05, 0) is 138 Å². The van der Waals surface area contributed by atoms with Gasteiger partial charge in [-0.25, -0.2) is 0 Å². The zero-order chi connectivity index (χ0) is 48.1. The van der Waals surface area contributed by atoms with E-state index in [4.69, 9.17) is 14.2 Å². The van der Waals surface area contributed by atoms with E-state index in [1.54, 1.807) is 22.3 Å². The van der Waals surface area contributed by atoms with E-state index in [0.29, 0.717) is 106 Å². The van der Waals surface area contributed by atoms with Gasteiger partial charge in [-0.1, -0.05) is 130 Å². The van der Waals surface area contributed by atoms with Crippen LogP contribution in [0.5, 0.6) is 0 Å². The number of carbonyl (C=O) groups excluding carboxylic acids is 3. The summed E-state index contributed by atoms with van der Waals surface area (Å²) >= 11 is 0. The maximum Gasteiger partial charge on any atom is 0.223 e. The second-order valence-electron chi connectivity index (χ2n) is 22.5. The third-order valence-electron chi connectivity index (χ3n) is 15.0. The molecule has 2 aliphatic carbocycles. The van der Waals surface area contributed by atoms with Gasteiger partial charge in [0.25, 0.3) is 0 Å². The second kappa shape index (κ2) is 33.5. The number of unbranched alkanes of at least 4 members (excludes halogenated alkanes) is 1. The molecule has 0 aromatic heterocycles. The molecule has 5 atom stereocenters. The normalized spacial score (nSPS) is 18.6. The fourth-order valence-corrected chi connectivity index (χ4v) is 10.8. The van der Waals surface area contributed by atoms with Gasteiger partial charge in [0.15, 0.2) is 0 Å². The average molecular weight is 913 g/mol. The van der Waals surface area contributed by atoms with E-state index in [1.807, 2.05) is 0 Å². The standard InChI is InChI=1S/C57H104N2O6/c1-12-35-63-37-39-65-40-38-64-36-19-34-59-55(62)50(43-51(60)41-46(4)22-15-20-44(2)27-29-52-48(6)24-17-31-56(52,8)9)26-13-14-33-58-54(61)42-47(5)23-16-21-45(3)28-30-53-49(7)25-18-32-57(53,10)11/h44-47,50H,12-43H2,1-11H3,(H,58,61)(H,59,62)/t44?,45?,46?,47?,50-/m1/s1. The van der Waals surface area contributed by atoms with E-state index in [9.17, 15) is 14.4 Å². The molecule has 0 saturated carbocycles. The van der Waals surface area contributed by atoms with Crippen molar-refractivity contribution in [3.05, 3.63) is 22.3 Å². The van der Waals surface area contributed by atoms with Crippen molar-refractivity contribution in [1.82, 2.24) is 10.6 Å². The van der Waals surface area contributed by atoms with Crippen LogP contribution in [-0.4, -0.2) is 70.3 Å². The van der Waals surface area contributed by atoms with Crippen LogP contribution in [0.25, 0.3) is 0 Å². The summed E-state index contributed by atoms with van der Waals surface area (Å²) in [6, 6.07) is 0. The minimum absolute atomic E-state index is 0.0426. The molecule has 0 spiro atoms. The molecule has 2 aliphatic rings. The lowest BCUT2D eigenvalue weighted by Crippen LogP contribution is -2.33. The summed E-state index contributed by atoms with van der Waals surface area (Å²) < 4.78 is 16.7. The lowest BCUT2D eigenvalue weighted by atomic mass is 9.70. The molecular formula is C57H104N2O6. The maximum atomic E-state index is 13.5. The van der Waals surface area contributed by atoms with Gasteiger partial charge in [0.2, 0.25) is 11.8 Å². The molecular weight excluding hydrogens is 809 g/mol. The molecule has 0 aliphatic heterocycles. The molecule has 4 unspecified atom stereocenters. The Morgan fingerprint density at radius 3 is 1.54 bits per heavy atom. The van der Waals surface area contributed by atoms with E-state index in [-0.39, 0.29) is 29.9 Å². The van der Waals surface area contributed by atoms with Crippen molar-refractivity contribution >= 4 is 17.6 Å². The summed E-state index contributed by atoms with van der Waals surface area (Å²) in [7, 11) is 0. The zero-order valence-corrected chi connectivity index (χ0v) is 44.5. The summed E-state index contributed by atoms with van der Waals surface area (Å²) in [6.07, 6.45) is 25.0. The fourth-order valence-electron chi connectivity index (χ4n) is 10.8. The van der Waals surface area contributed by atoms with Crippen LogP contribution in [0.1, 0.15) is 230 Å². The zero-order valence-electron chi connectivity index (χ0n) is 44.5. The van der Waals surface area contributed by atoms with Crippen molar-refractivity contribution < 1.29 is 28.6 Å². The summed E-state index contributed by atoms with van der Waals surface area (Å²) in [5.74, 6) is 1.98. The third-order valence-corrected chi connectivity index (χ3v) is 15.0. The largest absolute Gasteiger partial charge is 0.379 e. The minimum atomic E-state index is -0.353. The first-order chi connectivity index (χ1) is 30.9. The molecule has 2 N–H and O–H groups in total. The molecule has 378 valence electrons. The van der Waals surface area contributed by atoms with Gasteiger partial charge < -0.3 is 24.8 Å². The Hall–Kier alpha value is -2.03. The predicted octanol–water partition coefficient (Wildman–Crippen LogP) is 14.1. The van der Waals surface area contributed by atoms with E-state index < -0.39 is 0 Å². The predicted molar refractivity (Wildman–Crippen MR) is 273 cm³/mol. The Morgan fingerprint density at radius 2 is 1.02 bits per heavy atom. The highest BCUT2D eigenvalue weighted by atomic mass is 16.5. The van der Waals surface area contributed by atoms with Crippen molar-refractivity contribution in [1.29, 1.82) is 0 Å². The number of hydrogen-bond donors (Lipinski definition) is 2. The van der Waals surface area contributed by atoms with Gasteiger partial charge >= 0.3 is 0 Å². The van der Waals surface area contributed by atoms with Crippen LogP contribution in [0.15, 0.2) is 22.3 Å². The van der Waals surface area contributed by atoms with Crippen molar-refractivity contribution in [2.45, 2.75) is 230 Å². The number of ketones is 1. The highest BCUT2D eigenvalue weighted by Crippen LogP contribution is 2.44. The summed E-state index contributed by atoms with van der Waals surface area (Å²) in [4.78, 5) is 39.8.